The third-order valence-corrected chi connectivity index (χ3v) is 13.6. The number of hydrogen-bond acceptors (Lipinski definition) is 2. The van der Waals surface area contributed by atoms with Gasteiger partial charge in [0.25, 0.3) is 0 Å². The van der Waals surface area contributed by atoms with E-state index in [1.807, 2.05) is 11.3 Å². The van der Waals surface area contributed by atoms with Crippen LogP contribution in [0.4, 0.5) is 17.1 Å². The van der Waals surface area contributed by atoms with Crippen LogP contribution >= 0.6 is 11.3 Å². The second-order valence-corrected chi connectivity index (χ2v) is 17.2. The van der Waals surface area contributed by atoms with Crippen molar-refractivity contribution in [2.75, 3.05) is 4.90 Å². The summed E-state index contributed by atoms with van der Waals surface area (Å²) in [6.07, 6.45) is 0. The Morgan fingerprint density at radius 1 is 0.302 bits per heavy atom. The zero-order chi connectivity index (χ0) is 41.7. The molecule has 0 aliphatic rings. The first-order valence-corrected chi connectivity index (χ1v) is 22.3. The monoisotopic (exact) mass is 820 g/mol. The molecule has 2 nitrogen and oxygen atoms in total. The van der Waals surface area contributed by atoms with Gasteiger partial charge < -0.3 is 9.47 Å². The fraction of sp³-hybridized carbons (Fsp3) is 0. The van der Waals surface area contributed by atoms with E-state index in [-0.39, 0.29) is 0 Å². The quantitative estimate of drug-likeness (QED) is 0.148. The number of anilines is 3. The molecule has 0 aliphatic heterocycles. The van der Waals surface area contributed by atoms with Crippen LogP contribution in [-0.2, 0) is 0 Å². The molecule has 0 unspecified atom stereocenters. The largest absolute Gasteiger partial charge is 0.309 e. The lowest BCUT2D eigenvalue weighted by molar-refractivity contribution is 1.18. The molecule has 0 spiro atoms. The SMILES string of the molecule is c1ccc(-c2cc(-c3ccccc3)cc(-c3ccc(N(c4ccc(-c5ccc(-n6c7ccccc7c7ccccc76)cc5)cc4)c4cccc5c4sc4ccccc45)cc3)c2)cc1. The Morgan fingerprint density at radius 3 is 1.25 bits per heavy atom. The van der Waals surface area contributed by atoms with Gasteiger partial charge in [-0.2, -0.15) is 0 Å². The van der Waals surface area contributed by atoms with E-state index in [2.05, 4.69) is 252 Å². The van der Waals surface area contributed by atoms with E-state index in [1.165, 1.54) is 92.2 Å². The topological polar surface area (TPSA) is 8.17 Å². The van der Waals surface area contributed by atoms with Gasteiger partial charge in [0.2, 0.25) is 0 Å². The molecule has 0 fully saturated rings. The van der Waals surface area contributed by atoms with E-state index in [0.29, 0.717) is 0 Å². The molecule has 0 amide bonds. The summed E-state index contributed by atoms with van der Waals surface area (Å²) in [5, 5.41) is 5.11. The Balaban J connectivity index is 0.935. The van der Waals surface area contributed by atoms with Gasteiger partial charge in [0, 0.05) is 43.3 Å². The van der Waals surface area contributed by atoms with Crippen molar-refractivity contribution in [3.63, 3.8) is 0 Å². The maximum Gasteiger partial charge on any atom is 0.0640 e. The molecule has 0 saturated carbocycles. The van der Waals surface area contributed by atoms with E-state index < -0.39 is 0 Å². The van der Waals surface area contributed by atoms with Crippen LogP contribution in [0, 0.1) is 0 Å². The van der Waals surface area contributed by atoms with Gasteiger partial charge >= 0.3 is 0 Å². The number of fused-ring (bicyclic) bond motifs is 6. The molecule has 2 heterocycles. The lowest BCUT2D eigenvalue weighted by Gasteiger charge is -2.26. The third kappa shape index (κ3) is 6.58. The van der Waals surface area contributed by atoms with Gasteiger partial charge in [-0.25, -0.2) is 0 Å². The van der Waals surface area contributed by atoms with Crippen molar-refractivity contribution in [1.29, 1.82) is 0 Å². The number of rotatable bonds is 8. The summed E-state index contributed by atoms with van der Waals surface area (Å²) in [7, 11) is 0. The highest BCUT2D eigenvalue weighted by Gasteiger charge is 2.19. The molecule has 0 aliphatic carbocycles. The molecule has 0 bridgehead atoms. The first-order chi connectivity index (χ1) is 31.2. The number of hydrogen-bond donors (Lipinski definition) is 0. The summed E-state index contributed by atoms with van der Waals surface area (Å²) in [6, 6.07) is 88.3. The highest BCUT2D eigenvalue weighted by Crippen LogP contribution is 2.45. The molecule has 10 aromatic carbocycles. The van der Waals surface area contributed by atoms with Gasteiger partial charge in [0.15, 0.2) is 0 Å². The summed E-state index contributed by atoms with van der Waals surface area (Å²) in [4.78, 5) is 2.42. The van der Waals surface area contributed by atoms with Gasteiger partial charge in [-0.05, 0) is 123 Å². The highest BCUT2D eigenvalue weighted by molar-refractivity contribution is 7.26. The number of benzene rings is 10. The van der Waals surface area contributed by atoms with Crippen molar-refractivity contribution in [1.82, 2.24) is 4.57 Å². The van der Waals surface area contributed by atoms with Crippen LogP contribution in [-0.4, -0.2) is 4.57 Å². The lowest BCUT2D eigenvalue weighted by Crippen LogP contribution is -2.10. The second kappa shape index (κ2) is 15.5. The second-order valence-electron chi connectivity index (χ2n) is 16.1. The first-order valence-electron chi connectivity index (χ1n) is 21.5. The molecule has 0 atom stereocenters. The van der Waals surface area contributed by atoms with E-state index in [0.717, 1.165) is 17.1 Å². The molecule has 12 rings (SSSR count). The van der Waals surface area contributed by atoms with Crippen LogP contribution < -0.4 is 4.90 Å². The molecule has 0 saturated heterocycles. The molecule has 63 heavy (non-hydrogen) atoms. The van der Waals surface area contributed by atoms with Crippen molar-refractivity contribution in [2.45, 2.75) is 0 Å². The van der Waals surface area contributed by atoms with Crippen molar-refractivity contribution < 1.29 is 0 Å². The Bertz CT molecular complexity index is 3470. The number of aromatic nitrogens is 1. The lowest BCUT2D eigenvalue weighted by atomic mass is 9.93. The summed E-state index contributed by atoms with van der Waals surface area (Å²) >= 11 is 1.86. The predicted molar refractivity (Wildman–Crippen MR) is 270 cm³/mol. The molecular weight excluding hydrogens is 781 g/mol. The molecule has 0 radical (unpaired) electrons. The van der Waals surface area contributed by atoms with Crippen LogP contribution in [0.25, 0.3) is 92.2 Å². The Hall–Kier alpha value is -7.98. The molecule has 3 heteroatoms. The predicted octanol–water partition coefficient (Wildman–Crippen LogP) is 17.3. The van der Waals surface area contributed by atoms with Crippen LogP contribution in [0.2, 0.25) is 0 Å². The van der Waals surface area contributed by atoms with Gasteiger partial charge in [-0.1, -0.05) is 164 Å². The maximum absolute atomic E-state index is 2.42. The molecule has 0 N–H and O–H groups in total. The third-order valence-electron chi connectivity index (χ3n) is 12.4. The smallest absolute Gasteiger partial charge is 0.0640 e. The number of para-hydroxylation sites is 2. The summed E-state index contributed by atoms with van der Waals surface area (Å²) in [5.41, 5.74) is 16.5. The van der Waals surface area contributed by atoms with Crippen molar-refractivity contribution >= 4 is 70.4 Å². The van der Waals surface area contributed by atoms with Gasteiger partial charge in [-0.15, -0.1) is 11.3 Å². The van der Waals surface area contributed by atoms with Gasteiger partial charge in [0.05, 0.1) is 21.4 Å². The standard InChI is InChI=1S/C60H40N2S/c1-3-14-41(15-4-1)46-38-47(42-16-5-2-6-17-42)40-48(39-46)45-30-34-50(35-31-45)61(58-24-13-21-55-54-20-9-12-25-59(54)63-60(55)58)49-32-26-43(27-33-49)44-28-36-51(37-29-44)62-56-22-10-7-18-52(56)53-19-8-11-23-57(53)62/h1-40H. The first kappa shape index (κ1) is 36.8. The van der Waals surface area contributed by atoms with Crippen molar-refractivity contribution in [2.24, 2.45) is 0 Å². The number of thiophene rings is 1. The maximum atomic E-state index is 2.42. The Kier molecular flexibility index (Phi) is 9.06. The zero-order valence-electron chi connectivity index (χ0n) is 34.4. The summed E-state index contributed by atoms with van der Waals surface area (Å²) in [6.45, 7) is 0. The summed E-state index contributed by atoms with van der Waals surface area (Å²) < 4.78 is 4.94. The van der Waals surface area contributed by atoms with Gasteiger partial charge in [-0.3, -0.25) is 0 Å². The highest BCUT2D eigenvalue weighted by atomic mass is 32.1. The Labute approximate surface area is 370 Å². The van der Waals surface area contributed by atoms with Crippen molar-refractivity contribution in [3.8, 4) is 50.2 Å². The van der Waals surface area contributed by atoms with Crippen LogP contribution in [0.1, 0.15) is 0 Å². The van der Waals surface area contributed by atoms with E-state index >= 15 is 0 Å². The minimum absolute atomic E-state index is 1.11. The minimum Gasteiger partial charge on any atom is -0.309 e. The average molecular weight is 821 g/mol. The van der Waals surface area contributed by atoms with Crippen LogP contribution in [0.5, 0.6) is 0 Å². The van der Waals surface area contributed by atoms with Crippen LogP contribution in [0.15, 0.2) is 243 Å². The molecule has 12 aromatic rings. The van der Waals surface area contributed by atoms with Gasteiger partial charge in [0.1, 0.15) is 0 Å². The Morgan fingerprint density at radius 2 is 0.714 bits per heavy atom. The molecule has 296 valence electrons. The fourth-order valence-corrected chi connectivity index (χ4v) is 10.5. The van der Waals surface area contributed by atoms with E-state index in [1.54, 1.807) is 0 Å². The number of nitrogens with zero attached hydrogens (tertiary/aromatic N) is 2. The normalized spacial score (nSPS) is 11.5. The molecular formula is C60H40N2S. The van der Waals surface area contributed by atoms with Crippen molar-refractivity contribution in [3.05, 3.63) is 243 Å². The minimum atomic E-state index is 1.11. The van der Waals surface area contributed by atoms with E-state index in [4.69, 9.17) is 0 Å². The molecule has 2 aromatic heterocycles. The average Bonchev–Trinajstić information content (AvgIpc) is 3.92. The zero-order valence-corrected chi connectivity index (χ0v) is 35.2. The van der Waals surface area contributed by atoms with E-state index in [9.17, 15) is 0 Å². The fourth-order valence-electron chi connectivity index (χ4n) is 9.33. The van der Waals surface area contributed by atoms with Crippen LogP contribution in [0.3, 0.4) is 0 Å². The summed E-state index contributed by atoms with van der Waals surface area (Å²) in [5.74, 6) is 0.